The first kappa shape index (κ1) is 19.0. The van der Waals surface area contributed by atoms with Gasteiger partial charge in [0.05, 0.1) is 6.10 Å². The van der Waals surface area contributed by atoms with Gasteiger partial charge in [0.2, 0.25) is 0 Å². The molecule has 0 saturated carbocycles. The largest absolute Gasteiger partial charge is 0.374 e. The van der Waals surface area contributed by atoms with Crippen LogP contribution in [0.3, 0.4) is 0 Å². The van der Waals surface area contributed by atoms with E-state index in [9.17, 15) is 5.11 Å². The molecular formula is C19H30O3. The Hall–Kier alpha value is -1.08. The molecule has 0 amide bonds. The Morgan fingerprint density at radius 2 is 1.95 bits per heavy atom. The molecule has 0 heterocycles. The summed E-state index contributed by atoms with van der Waals surface area (Å²) in [6, 6.07) is 0. The van der Waals surface area contributed by atoms with Crippen LogP contribution in [0.5, 0.6) is 0 Å². The summed E-state index contributed by atoms with van der Waals surface area (Å²) < 4.78 is 11.4. The zero-order valence-corrected chi connectivity index (χ0v) is 15.0. The van der Waals surface area contributed by atoms with E-state index in [1.165, 1.54) is 11.6 Å². The van der Waals surface area contributed by atoms with E-state index in [1.807, 2.05) is 13.8 Å². The van der Waals surface area contributed by atoms with Gasteiger partial charge in [-0.2, -0.15) is 0 Å². The summed E-state index contributed by atoms with van der Waals surface area (Å²) in [7, 11) is 1.66. The Balaban J connectivity index is 3.04. The first-order chi connectivity index (χ1) is 9.92. The molecule has 1 N–H and O–H groups in total. The second kappa shape index (κ2) is 6.58. The first-order valence-electron chi connectivity index (χ1n) is 7.75. The van der Waals surface area contributed by atoms with E-state index >= 15 is 0 Å². The number of rotatable bonds is 4. The second-order valence-corrected chi connectivity index (χ2v) is 7.39. The van der Waals surface area contributed by atoms with Crippen LogP contribution in [0.4, 0.5) is 0 Å². The maximum Gasteiger partial charge on any atom is 0.162 e. The zero-order chi connectivity index (χ0) is 17.2. The SMILES string of the molecule is C=CC(C)(O)C#CC1=C(C)CC(OC(C)(C)OC)CC1(C)C. The molecule has 0 aromatic rings. The highest BCUT2D eigenvalue weighted by atomic mass is 16.7. The van der Waals surface area contributed by atoms with Crippen LogP contribution in [0.15, 0.2) is 23.8 Å². The van der Waals surface area contributed by atoms with Crippen LogP contribution in [-0.2, 0) is 9.47 Å². The summed E-state index contributed by atoms with van der Waals surface area (Å²) in [5.41, 5.74) is 1.04. The lowest BCUT2D eigenvalue weighted by Gasteiger charge is -2.39. The van der Waals surface area contributed by atoms with Crippen molar-refractivity contribution >= 4 is 0 Å². The molecule has 1 rings (SSSR count). The molecule has 1 aliphatic rings. The Morgan fingerprint density at radius 1 is 1.36 bits per heavy atom. The molecule has 3 heteroatoms. The molecule has 0 spiro atoms. The van der Waals surface area contributed by atoms with Gasteiger partial charge in [0.25, 0.3) is 0 Å². The van der Waals surface area contributed by atoms with Crippen molar-refractivity contribution in [1.29, 1.82) is 0 Å². The zero-order valence-electron chi connectivity index (χ0n) is 15.0. The van der Waals surface area contributed by atoms with Gasteiger partial charge in [0.15, 0.2) is 5.79 Å². The van der Waals surface area contributed by atoms with Crippen LogP contribution in [0.25, 0.3) is 0 Å². The molecular weight excluding hydrogens is 276 g/mol. The monoisotopic (exact) mass is 306 g/mol. The maximum atomic E-state index is 9.99. The van der Waals surface area contributed by atoms with Gasteiger partial charge < -0.3 is 14.6 Å². The summed E-state index contributed by atoms with van der Waals surface area (Å²) in [5, 5.41) is 9.99. The molecule has 1 aliphatic carbocycles. The molecule has 0 radical (unpaired) electrons. The minimum absolute atomic E-state index is 0.0962. The van der Waals surface area contributed by atoms with E-state index in [2.05, 4.69) is 39.2 Å². The van der Waals surface area contributed by atoms with Gasteiger partial charge in [0.1, 0.15) is 5.60 Å². The molecule has 0 saturated heterocycles. The summed E-state index contributed by atoms with van der Waals surface area (Å²) in [4.78, 5) is 0. The minimum Gasteiger partial charge on any atom is -0.374 e. The number of hydrogen-bond donors (Lipinski definition) is 1. The van der Waals surface area contributed by atoms with Crippen molar-refractivity contribution < 1.29 is 14.6 Å². The van der Waals surface area contributed by atoms with Crippen LogP contribution in [0.2, 0.25) is 0 Å². The van der Waals surface area contributed by atoms with Gasteiger partial charge in [-0.15, -0.1) is 0 Å². The molecule has 2 atom stereocenters. The Kier molecular flexibility index (Phi) is 5.67. The van der Waals surface area contributed by atoms with Gasteiger partial charge in [-0.05, 0) is 46.6 Å². The third-order valence-corrected chi connectivity index (χ3v) is 4.16. The van der Waals surface area contributed by atoms with Crippen LogP contribution < -0.4 is 0 Å². The van der Waals surface area contributed by atoms with Crippen molar-refractivity contribution in [3.05, 3.63) is 23.8 Å². The molecule has 2 unspecified atom stereocenters. The van der Waals surface area contributed by atoms with Crippen molar-refractivity contribution in [2.75, 3.05) is 7.11 Å². The molecule has 0 aromatic heterocycles. The molecule has 0 bridgehead atoms. The molecule has 0 fully saturated rings. The number of methoxy groups -OCH3 is 1. The molecule has 22 heavy (non-hydrogen) atoms. The van der Waals surface area contributed by atoms with Crippen molar-refractivity contribution in [2.45, 2.75) is 71.9 Å². The highest BCUT2D eigenvalue weighted by molar-refractivity contribution is 5.42. The Bertz CT molecular complexity index is 513. The Labute approximate surface area is 135 Å². The van der Waals surface area contributed by atoms with Gasteiger partial charge in [-0.1, -0.05) is 37.8 Å². The molecule has 0 aliphatic heterocycles. The highest BCUT2D eigenvalue weighted by Gasteiger charge is 2.36. The number of ether oxygens (including phenoxy) is 2. The number of aliphatic hydroxyl groups is 1. The number of allylic oxidation sites excluding steroid dienone is 1. The maximum absolute atomic E-state index is 9.99. The molecule has 3 nitrogen and oxygen atoms in total. The van der Waals surface area contributed by atoms with Crippen molar-refractivity contribution in [1.82, 2.24) is 0 Å². The van der Waals surface area contributed by atoms with E-state index in [1.54, 1.807) is 14.0 Å². The van der Waals surface area contributed by atoms with Crippen LogP contribution in [-0.4, -0.2) is 29.7 Å². The van der Waals surface area contributed by atoms with Gasteiger partial charge in [0, 0.05) is 18.1 Å². The van der Waals surface area contributed by atoms with Gasteiger partial charge in [-0.25, -0.2) is 0 Å². The predicted octanol–water partition coefficient (Wildman–Crippen LogP) is 3.83. The first-order valence-corrected chi connectivity index (χ1v) is 7.75. The average molecular weight is 306 g/mol. The Morgan fingerprint density at radius 3 is 2.41 bits per heavy atom. The number of hydrogen-bond acceptors (Lipinski definition) is 3. The summed E-state index contributed by atoms with van der Waals surface area (Å²) in [5.74, 6) is 5.49. The predicted molar refractivity (Wildman–Crippen MR) is 90.3 cm³/mol. The third-order valence-electron chi connectivity index (χ3n) is 4.16. The fourth-order valence-corrected chi connectivity index (χ4v) is 2.81. The van der Waals surface area contributed by atoms with E-state index in [0.29, 0.717) is 0 Å². The van der Waals surface area contributed by atoms with Crippen molar-refractivity contribution in [3.63, 3.8) is 0 Å². The van der Waals surface area contributed by atoms with E-state index in [0.717, 1.165) is 18.4 Å². The van der Waals surface area contributed by atoms with Gasteiger partial charge >= 0.3 is 0 Å². The quantitative estimate of drug-likeness (QED) is 0.487. The lowest BCUT2D eigenvalue weighted by molar-refractivity contribution is -0.228. The van der Waals surface area contributed by atoms with Crippen LogP contribution >= 0.6 is 0 Å². The summed E-state index contributed by atoms with van der Waals surface area (Å²) in [6.45, 7) is 15.5. The van der Waals surface area contributed by atoms with E-state index < -0.39 is 11.4 Å². The topological polar surface area (TPSA) is 38.7 Å². The summed E-state index contributed by atoms with van der Waals surface area (Å²) in [6.07, 6.45) is 3.27. The normalized spacial score (nSPS) is 24.3. The van der Waals surface area contributed by atoms with Crippen molar-refractivity contribution in [3.8, 4) is 11.8 Å². The third kappa shape index (κ3) is 4.98. The fourth-order valence-electron chi connectivity index (χ4n) is 2.81. The van der Waals surface area contributed by atoms with Crippen molar-refractivity contribution in [2.24, 2.45) is 5.41 Å². The molecule has 0 aromatic carbocycles. The second-order valence-electron chi connectivity index (χ2n) is 7.39. The highest BCUT2D eigenvalue weighted by Crippen LogP contribution is 2.42. The van der Waals surface area contributed by atoms with E-state index in [-0.39, 0.29) is 11.5 Å². The van der Waals surface area contributed by atoms with Crippen LogP contribution in [0, 0.1) is 17.3 Å². The smallest absolute Gasteiger partial charge is 0.162 e. The molecule has 124 valence electrons. The van der Waals surface area contributed by atoms with Crippen LogP contribution in [0.1, 0.15) is 54.4 Å². The lowest BCUT2D eigenvalue weighted by Crippen LogP contribution is -2.38. The summed E-state index contributed by atoms with van der Waals surface area (Å²) >= 11 is 0. The average Bonchev–Trinajstić information content (AvgIpc) is 2.36. The minimum atomic E-state index is -1.16. The van der Waals surface area contributed by atoms with E-state index in [4.69, 9.17) is 9.47 Å². The fraction of sp³-hybridized carbons (Fsp3) is 0.684. The van der Waals surface area contributed by atoms with Gasteiger partial charge in [-0.3, -0.25) is 0 Å². The lowest BCUT2D eigenvalue weighted by atomic mass is 9.71. The standard InChI is InChI=1S/C19H30O3/c1-9-19(7,20)11-10-16-14(2)12-15(13-17(16,3)4)22-18(5,6)21-8/h9,15,20H,1,12-13H2,2-8H3.